The van der Waals surface area contributed by atoms with Crippen LogP contribution in [0.4, 0.5) is 9.18 Å². The molecule has 1 aromatic carbocycles. The van der Waals surface area contributed by atoms with Crippen LogP contribution in [-0.2, 0) is 0 Å². The number of piperidine rings is 1. The van der Waals surface area contributed by atoms with Crippen molar-refractivity contribution in [1.29, 1.82) is 0 Å². The molecule has 0 aliphatic carbocycles. The van der Waals surface area contributed by atoms with Crippen LogP contribution in [0.5, 0.6) is 0 Å². The normalized spacial score (nSPS) is 16.1. The van der Waals surface area contributed by atoms with Crippen molar-refractivity contribution in [2.24, 2.45) is 0 Å². The zero-order valence-electron chi connectivity index (χ0n) is 11.3. The van der Waals surface area contributed by atoms with E-state index in [0.717, 1.165) is 0 Å². The number of aromatic nitrogens is 1. The van der Waals surface area contributed by atoms with Crippen molar-refractivity contribution < 1.29 is 18.7 Å². The second-order valence-corrected chi connectivity index (χ2v) is 5.09. The van der Waals surface area contributed by atoms with E-state index in [4.69, 9.17) is 9.52 Å². The van der Waals surface area contributed by atoms with Crippen molar-refractivity contribution in [2.75, 3.05) is 13.1 Å². The Morgan fingerprint density at radius 3 is 2.71 bits per heavy atom. The van der Waals surface area contributed by atoms with Crippen LogP contribution in [0.3, 0.4) is 0 Å². The van der Waals surface area contributed by atoms with Crippen LogP contribution in [0.2, 0.25) is 0 Å². The molecule has 0 spiro atoms. The van der Waals surface area contributed by atoms with Gasteiger partial charge in [0.2, 0.25) is 0 Å². The molecule has 0 atom stereocenters. The summed E-state index contributed by atoms with van der Waals surface area (Å²) in [4.78, 5) is 16.5. The maximum atomic E-state index is 13.7. The Labute approximate surface area is 121 Å². The molecule has 1 aliphatic rings. The number of nitrogens with zero attached hydrogens (tertiary/aromatic N) is 2. The highest BCUT2D eigenvalue weighted by molar-refractivity contribution is 5.65. The van der Waals surface area contributed by atoms with Crippen LogP contribution >= 0.6 is 0 Å². The fraction of sp³-hybridized carbons (Fsp3) is 0.333. The topological polar surface area (TPSA) is 66.6 Å². The minimum Gasteiger partial charge on any atom is -0.465 e. The highest BCUT2D eigenvalue weighted by Crippen LogP contribution is 2.31. The molecule has 2 heterocycles. The summed E-state index contributed by atoms with van der Waals surface area (Å²) in [6.07, 6.45) is 1.97. The monoisotopic (exact) mass is 290 g/mol. The summed E-state index contributed by atoms with van der Waals surface area (Å²) in [6, 6.07) is 6.39. The molecular weight excluding hydrogens is 275 g/mol. The molecule has 1 saturated heterocycles. The number of oxazole rings is 1. The van der Waals surface area contributed by atoms with E-state index >= 15 is 0 Å². The molecule has 21 heavy (non-hydrogen) atoms. The van der Waals surface area contributed by atoms with Crippen LogP contribution in [0.1, 0.15) is 24.7 Å². The van der Waals surface area contributed by atoms with Gasteiger partial charge in [-0.2, -0.15) is 0 Å². The van der Waals surface area contributed by atoms with Crippen LogP contribution in [0.25, 0.3) is 11.3 Å². The van der Waals surface area contributed by atoms with Gasteiger partial charge in [0.1, 0.15) is 5.82 Å². The number of hydrogen-bond donors (Lipinski definition) is 1. The second-order valence-electron chi connectivity index (χ2n) is 5.09. The Hall–Kier alpha value is -2.37. The van der Waals surface area contributed by atoms with Gasteiger partial charge in [-0.15, -0.1) is 0 Å². The smallest absolute Gasteiger partial charge is 0.407 e. The van der Waals surface area contributed by atoms with Crippen molar-refractivity contribution in [3.63, 3.8) is 0 Å². The maximum Gasteiger partial charge on any atom is 0.407 e. The number of rotatable bonds is 2. The van der Waals surface area contributed by atoms with Gasteiger partial charge in [0, 0.05) is 19.0 Å². The van der Waals surface area contributed by atoms with Crippen molar-refractivity contribution in [1.82, 2.24) is 9.88 Å². The second kappa shape index (κ2) is 5.55. The Balaban J connectivity index is 1.74. The van der Waals surface area contributed by atoms with Gasteiger partial charge in [0.25, 0.3) is 0 Å². The van der Waals surface area contributed by atoms with Crippen LogP contribution < -0.4 is 0 Å². The molecule has 1 N–H and O–H groups in total. The lowest BCUT2D eigenvalue weighted by molar-refractivity contribution is 0.129. The highest BCUT2D eigenvalue weighted by Gasteiger charge is 2.26. The summed E-state index contributed by atoms with van der Waals surface area (Å²) in [6.45, 7) is 0.939. The summed E-state index contributed by atoms with van der Waals surface area (Å²) in [5, 5.41) is 8.92. The molecular formula is C15H15FN2O3. The Morgan fingerprint density at radius 2 is 2.05 bits per heavy atom. The van der Waals surface area contributed by atoms with Gasteiger partial charge >= 0.3 is 6.09 Å². The van der Waals surface area contributed by atoms with Crippen molar-refractivity contribution >= 4 is 6.09 Å². The number of carboxylic acid groups (broad SMARTS) is 1. The third kappa shape index (κ3) is 2.74. The minimum absolute atomic E-state index is 0.0844. The standard InChI is InChI=1S/C15H15FN2O3/c16-12-4-2-1-3-11(12)13-9-17-14(21-13)10-5-7-18(8-6-10)15(19)20/h1-4,9-10H,5-8H2,(H,19,20). The van der Waals surface area contributed by atoms with Gasteiger partial charge in [-0.1, -0.05) is 12.1 Å². The van der Waals surface area contributed by atoms with Gasteiger partial charge in [-0.05, 0) is 25.0 Å². The molecule has 1 amide bonds. The number of carbonyl (C=O) groups is 1. The number of amides is 1. The number of halogens is 1. The molecule has 110 valence electrons. The van der Waals surface area contributed by atoms with Gasteiger partial charge in [-0.3, -0.25) is 0 Å². The van der Waals surface area contributed by atoms with E-state index in [9.17, 15) is 9.18 Å². The quantitative estimate of drug-likeness (QED) is 0.921. The van der Waals surface area contributed by atoms with Gasteiger partial charge in [0.05, 0.1) is 11.8 Å². The first-order chi connectivity index (χ1) is 10.1. The van der Waals surface area contributed by atoms with Crippen LogP contribution in [0.15, 0.2) is 34.9 Å². The molecule has 0 radical (unpaired) electrons. The first-order valence-electron chi connectivity index (χ1n) is 6.83. The number of benzene rings is 1. The lowest BCUT2D eigenvalue weighted by Crippen LogP contribution is -2.36. The largest absolute Gasteiger partial charge is 0.465 e. The zero-order chi connectivity index (χ0) is 14.8. The van der Waals surface area contributed by atoms with E-state index in [-0.39, 0.29) is 11.7 Å². The maximum absolute atomic E-state index is 13.7. The van der Waals surface area contributed by atoms with E-state index in [1.165, 1.54) is 17.2 Å². The minimum atomic E-state index is -0.895. The molecule has 0 saturated carbocycles. The van der Waals surface area contributed by atoms with Gasteiger partial charge < -0.3 is 14.4 Å². The molecule has 1 aromatic heterocycles. The average molecular weight is 290 g/mol. The summed E-state index contributed by atoms with van der Waals surface area (Å²) in [7, 11) is 0. The molecule has 3 rings (SSSR count). The van der Waals surface area contributed by atoms with E-state index in [1.54, 1.807) is 18.2 Å². The third-order valence-corrected chi connectivity index (χ3v) is 3.78. The molecule has 1 fully saturated rings. The fourth-order valence-electron chi connectivity index (χ4n) is 2.58. The molecule has 0 unspecified atom stereocenters. The molecule has 5 nitrogen and oxygen atoms in total. The van der Waals surface area contributed by atoms with Gasteiger partial charge in [-0.25, -0.2) is 14.2 Å². The highest BCUT2D eigenvalue weighted by atomic mass is 19.1. The van der Waals surface area contributed by atoms with Crippen LogP contribution in [0, 0.1) is 5.82 Å². The Kier molecular flexibility index (Phi) is 3.60. The average Bonchev–Trinajstić information content (AvgIpc) is 2.97. The Morgan fingerprint density at radius 1 is 1.33 bits per heavy atom. The lowest BCUT2D eigenvalue weighted by Gasteiger charge is -2.28. The molecule has 2 aromatic rings. The fourth-order valence-corrected chi connectivity index (χ4v) is 2.58. The predicted octanol–water partition coefficient (Wildman–Crippen LogP) is 3.34. The predicted molar refractivity (Wildman–Crippen MR) is 73.5 cm³/mol. The van der Waals surface area contributed by atoms with E-state index in [2.05, 4.69) is 4.98 Å². The molecule has 0 bridgehead atoms. The zero-order valence-corrected chi connectivity index (χ0v) is 11.3. The summed E-state index contributed by atoms with van der Waals surface area (Å²) < 4.78 is 19.4. The summed E-state index contributed by atoms with van der Waals surface area (Å²) >= 11 is 0. The lowest BCUT2D eigenvalue weighted by atomic mass is 9.97. The first kappa shape index (κ1) is 13.6. The molecule has 6 heteroatoms. The van der Waals surface area contributed by atoms with Gasteiger partial charge in [0.15, 0.2) is 11.7 Å². The van der Waals surface area contributed by atoms with Crippen molar-refractivity contribution in [3.05, 3.63) is 42.2 Å². The number of hydrogen-bond acceptors (Lipinski definition) is 3. The Bertz CT molecular complexity index is 648. The van der Waals surface area contributed by atoms with Crippen molar-refractivity contribution in [3.8, 4) is 11.3 Å². The summed E-state index contributed by atoms with van der Waals surface area (Å²) in [5.74, 6) is 0.698. The summed E-state index contributed by atoms with van der Waals surface area (Å²) in [5.41, 5.74) is 0.388. The van der Waals surface area contributed by atoms with E-state index in [0.29, 0.717) is 43.1 Å². The van der Waals surface area contributed by atoms with Crippen LogP contribution in [-0.4, -0.2) is 34.2 Å². The van der Waals surface area contributed by atoms with Crippen molar-refractivity contribution in [2.45, 2.75) is 18.8 Å². The molecule has 1 aliphatic heterocycles. The number of likely N-dealkylation sites (tertiary alicyclic amines) is 1. The van der Waals surface area contributed by atoms with E-state index in [1.807, 2.05) is 0 Å². The van der Waals surface area contributed by atoms with E-state index < -0.39 is 6.09 Å². The SMILES string of the molecule is O=C(O)N1CCC(c2ncc(-c3ccccc3F)o2)CC1. The first-order valence-corrected chi connectivity index (χ1v) is 6.83. The third-order valence-electron chi connectivity index (χ3n) is 3.78.